The third-order valence-corrected chi connectivity index (χ3v) is 6.97. The molecule has 0 spiro atoms. The third kappa shape index (κ3) is 5.94. The molecule has 2 rings (SSSR count). The molecule has 0 aliphatic carbocycles. The van der Waals surface area contributed by atoms with Gasteiger partial charge in [0, 0.05) is 0 Å². The lowest BCUT2D eigenvalue weighted by Gasteiger charge is -2.07. The maximum absolute atomic E-state index is 11.7. The Balaban J connectivity index is 1.59. The third-order valence-electron chi connectivity index (χ3n) is 4.68. The predicted molar refractivity (Wildman–Crippen MR) is 104 cm³/mol. The van der Waals surface area contributed by atoms with E-state index in [1.165, 1.54) is 35.6 Å². The van der Waals surface area contributed by atoms with Crippen LogP contribution in [0.2, 0.25) is 0 Å². The highest BCUT2D eigenvalue weighted by atomic mass is 32.2. The summed E-state index contributed by atoms with van der Waals surface area (Å²) >= 11 is 0. The van der Waals surface area contributed by atoms with Gasteiger partial charge in [0.25, 0.3) is 0 Å². The maximum Gasteiger partial charge on any atom is 0.152 e. The second-order valence-electron chi connectivity index (χ2n) is 6.97. The fraction of sp³-hybridized carbons (Fsp3) is 0.524. The molecular formula is C21H30O2S. The lowest BCUT2D eigenvalue weighted by molar-refractivity contribution is 0.574. The second-order valence-corrected chi connectivity index (χ2v) is 9.65. The van der Waals surface area contributed by atoms with Gasteiger partial charge in [-0.25, -0.2) is 8.42 Å². The molecule has 0 aromatic heterocycles. The van der Waals surface area contributed by atoms with Gasteiger partial charge < -0.3 is 0 Å². The van der Waals surface area contributed by atoms with Gasteiger partial charge in [0.05, 0.1) is 11.0 Å². The molecule has 0 fully saturated rings. The van der Waals surface area contributed by atoms with E-state index in [0.717, 1.165) is 25.7 Å². The van der Waals surface area contributed by atoms with Crippen molar-refractivity contribution < 1.29 is 8.42 Å². The summed E-state index contributed by atoms with van der Waals surface area (Å²) in [5, 5.41) is 2.39. The van der Waals surface area contributed by atoms with E-state index < -0.39 is 9.84 Å². The predicted octanol–water partition coefficient (Wildman–Crippen LogP) is 5.55. The molecule has 3 heteroatoms. The SMILES string of the molecule is CC(C)S(=O)(=O)CCCCCCCCc1ccc2ccccc2c1. The average Bonchev–Trinajstić information content (AvgIpc) is 2.57. The number of hydrogen-bond donors (Lipinski definition) is 0. The Morgan fingerprint density at radius 3 is 2.12 bits per heavy atom. The van der Waals surface area contributed by atoms with Gasteiger partial charge in [0.15, 0.2) is 9.84 Å². The van der Waals surface area contributed by atoms with Gasteiger partial charge >= 0.3 is 0 Å². The van der Waals surface area contributed by atoms with E-state index in [0.29, 0.717) is 5.75 Å². The van der Waals surface area contributed by atoms with Crippen molar-refractivity contribution in [3.05, 3.63) is 48.0 Å². The number of sulfone groups is 1. The van der Waals surface area contributed by atoms with Crippen LogP contribution >= 0.6 is 0 Å². The molecule has 0 amide bonds. The Morgan fingerprint density at radius 1 is 0.792 bits per heavy atom. The van der Waals surface area contributed by atoms with Crippen molar-refractivity contribution in [3.63, 3.8) is 0 Å². The molecule has 24 heavy (non-hydrogen) atoms. The highest BCUT2D eigenvalue weighted by Gasteiger charge is 2.14. The molecule has 2 aromatic carbocycles. The number of aryl methyl sites for hydroxylation is 1. The van der Waals surface area contributed by atoms with E-state index in [-0.39, 0.29) is 5.25 Å². The fourth-order valence-corrected chi connectivity index (χ4v) is 4.05. The maximum atomic E-state index is 11.7. The fourth-order valence-electron chi connectivity index (χ4n) is 2.97. The van der Waals surface area contributed by atoms with Crippen molar-refractivity contribution in [1.82, 2.24) is 0 Å². The van der Waals surface area contributed by atoms with Crippen molar-refractivity contribution in [3.8, 4) is 0 Å². The van der Waals surface area contributed by atoms with Crippen molar-refractivity contribution in [2.45, 2.75) is 64.0 Å². The van der Waals surface area contributed by atoms with Crippen LogP contribution in [-0.2, 0) is 16.3 Å². The first kappa shape index (κ1) is 19.0. The van der Waals surface area contributed by atoms with Crippen LogP contribution in [0.25, 0.3) is 10.8 Å². The molecule has 0 bridgehead atoms. The number of fused-ring (bicyclic) bond motifs is 1. The number of rotatable bonds is 10. The van der Waals surface area contributed by atoms with Gasteiger partial charge in [0.2, 0.25) is 0 Å². The lowest BCUT2D eigenvalue weighted by atomic mass is 10.0. The summed E-state index contributed by atoms with van der Waals surface area (Å²) in [6, 6.07) is 15.2. The number of hydrogen-bond acceptors (Lipinski definition) is 2. The topological polar surface area (TPSA) is 34.1 Å². The van der Waals surface area contributed by atoms with E-state index in [1.54, 1.807) is 13.8 Å². The Morgan fingerprint density at radius 2 is 1.42 bits per heavy atom. The Hall–Kier alpha value is -1.35. The van der Waals surface area contributed by atoms with Crippen LogP contribution in [0.1, 0.15) is 57.9 Å². The first-order valence-corrected chi connectivity index (χ1v) is 10.9. The van der Waals surface area contributed by atoms with Gasteiger partial charge in [-0.05, 0) is 49.4 Å². The highest BCUT2D eigenvalue weighted by molar-refractivity contribution is 7.91. The van der Waals surface area contributed by atoms with Gasteiger partial charge in [-0.2, -0.15) is 0 Å². The quantitative estimate of drug-likeness (QED) is 0.529. The second kappa shape index (κ2) is 9.22. The minimum Gasteiger partial charge on any atom is -0.229 e. The zero-order chi connectivity index (χ0) is 17.4. The molecule has 0 aliphatic heterocycles. The van der Waals surface area contributed by atoms with Crippen LogP contribution in [0, 0.1) is 0 Å². The van der Waals surface area contributed by atoms with E-state index >= 15 is 0 Å². The summed E-state index contributed by atoms with van der Waals surface area (Å²) < 4.78 is 23.4. The largest absolute Gasteiger partial charge is 0.229 e. The van der Waals surface area contributed by atoms with Crippen molar-refractivity contribution >= 4 is 20.6 Å². The summed E-state index contributed by atoms with van der Waals surface area (Å²) in [5.74, 6) is 0.349. The molecule has 2 nitrogen and oxygen atoms in total. The van der Waals surface area contributed by atoms with Crippen molar-refractivity contribution in [1.29, 1.82) is 0 Å². The lowest BCUT2D eigenvalue weighted by Crippen LogP contribution is -2.17. The Labute approximate surface area is 147 Å². The van der Waals surface area contributed by atoms with Crippen LogP contribution in [0.5, 0.6) is 0 Å². The molecule has 0 N–H and O–H groups in total. The Bertz CT molecular complexity index is 732. The zero-order valence-electron chi connectivity index (χ0n) is 15.0. The monoisotopic (exact) mass is 346 g/mol. The van der Waals surface area contributed by atoms with E-state index in [9.17, 15) is 8.42 Å². The van der Waals surface area contributed by atoms with Crippen LogP contribution in [-0.4, -0.2) is 19.4 Å². The van der Waals surface area contributed by atoms with E-state index in [4.69, 9.17) is 0 Å². The normalized spacial score (nSPS) is 12.1. The summed E-state index contributed by atoms with van der Waals surface area (Å²) in [7, 11) is -2.85. The smallest absolute Gasteiger partial charge is 0.152 e. The standard InChI is InChI=1S/C21H30O2S/c1-18(2)24(22,23)16-10-6-4-3-5-7-11-19-14-15-20-12-8-9-13-21(20)17-19/h8-9,12-15,17-18H,3-7,10-11,16H2,1-2H3. The number of benzene rings is 2. The molecule has 0 aliphatic rings. The molecule has 132 valence electrons. The van der Waals surface area contributed by atoms with Crippen LogP contribution in [0.3, 0.4) is 0 Å². The van der Waals surface area contributed by atoms with E-state index in [1.807, 2.05) is 0 Å². The van der Waals surface area contributed by atoms with Gasteiger partial charge in [-0.1, -0.05) is 68.1 Å². The van der Waals surface area contributed by atoms with E-state index in [2.05, 4.69) is 42.5 Å². The summed E-state index contributed by atoms with van der Waals surface area (Å²) in [6.45, 7) is 3.53. The molecule has 0 saturated carbocycles. The first-order valence-electron chi connectivity index (χ1n) is 9.18. The molecule has 0 heterocycles. The van der Waals surface area contributed by atoms with Crippen LogP contribution in [0.4, 0.5) is 0 Å². The highest BCUT2D eigenvalue weighted by Crippen LogP contribution is 2.18. The van der Waals surface area contributed by atoms with Crippen molar-refractivity contribution in [2.24, 2.45) is 0 Å². The summed E-state index contributed by atoms with van der Waals surface area (Å²) in [4.78, 5) is 0. The molecule has 0 unspecified atom stereocenters. The molecular weight excluding hydrogens is 316 g/mol. The molecule has 2 aromatic rings. The van der Waals surface area contributed by atoms with Crippen LogP contribution in [0.15, 0.2) is 42.5 Å². The summed E-state index contributed by atoms with van der Waals surface area (Å²) in [6.07, 6.45) is 7.76. The van der Waals surface area contributed by atoms with Gasteiger partial charge in [-0.15, -0.1) is 0 Å². The molecule has 0 saturated heterocycles. The summed E-state index contributed by atoms with van der Waals surface area (Å²) in [5.41, 5.74) is 1.41. The molecule has 0 atom stereocenters. The van der Waals surface area contributed by atoms with Gasteiger partial charge in [-0.3, -0.25) is 0 Å². The molecule has 0 radical (unpaired) electrons. The van der Waals surface area contributed by atoms with Crippen molar-refractivity contribution in [2.75, 3.05) is 5.75 Å². The van der Waals surface area contributed by atoms with Gasteiger partial charge in [0.1, 0.15) is 0 Å². The Kier molecular flexibility index (Phi) is 7.29. The zero-order valence-corrected chi connectivity index (χ0v) is 15.8. The van der Waals surface area contributed by atoms with Crippen LogP contribution < -0.4 is 0 Å². The minimum atomic E-state index is -2.85. The number of unbranched alkanes of at least 4 members (excludes halogenated alkanes) is 5. The first-order chi connectivity index (χ1) is 11.5. The average molecular weight is 347 g/mol. The minimum absolute atomic E-state index is 0.237.